The number of fused-ring (bicyclic) bond motifs is 16. The van der Waals surface area contributed by atoms with E-state index in [4.69, 9.17) is 0 Å². The quantitative estimate of drug-likeness (QED) is 0.168. The smallest absolute Gasteiger partial charge is 0.0547 e. The number of nitrogens with zero attached hydrogens (tertiary/aromatic N) is 2. The molecule has 9 aromatic carbocycles. The van der Waals surface area contributed by atoms with Gasteiger partial charge >= 0.3 is 0 Å². The monoisotopic (exact) mass is 822 g/mol. The SMILES string of the molecule is CC1(C)c2ccccc2-c2ccc(-n3c4ccccc4c4ccc(-c5ccc6c7ccccc7n(-c7ccc8c(c7)C(C)(C)c7c-8ccc8sc9ccccc9c78)c6c5)cc43)cc21. The Labute approximate surface area is 369 Å². The molecule has 0 unspecified atom stereocenters. The first-order valence-corrected chi connectivity index (χ1v) is 23.0. The minimum Gasteiger partial charge on any atom is -0.309 e. The Hall–Kier alpha value is -7.20. The van der Waals surface area contributed by atoms with Crippen LogP contribution >= 0.6 is 11.3 Å². The third kappa shape index (κ3) is 4.62. The van der Waals surface area contributed by atoms with Gasteiger partial charge < -0.3 is 9.13 Å². The van der Waals surface area contributed by atoms with Gasteiger partial charge in [-0.25, -0.2) is 0 Å². The van der Waals surface area contributed by atoms with Crippen LogP contribution in [0.15, 0.2) is 182 Å². The first-order valence-electron chi connectivity index (χ1n) is 22.2. The van der Waals surface area contributed by atoms with Crippen LogP contribution in [-0.4, -0.2) is 9.13 Å². The molecule has 0 atom stereocenters. The summed E-state index contributed by atoms with van der Waals surface area (Å²) in [6.45, 7) is 9.59. The van der Waals surface area contributed by atoms with Crippen LogP contribution in [0.2, 0.25) is 0 Å². The maximum absolute atomic E-state index is 2.50. The van der Waals surface area contributed by atoms with Crippen LogP contribution in [0.3, 0.4) is 0 Å². The Bertz CT molecular complexity index is 3980. The molecule has 0 spiro atoms. The largest absolute Gasteiger partial charge is 0.309 e. The van der Waals surface area contributed by atoms with Crippen molar-refractivity contribution in [3.05, 3.63) is 204 Å². The van der Waals surface area contributed by atoms with Gasteiger partial charge in [-0.05, 0) is 116 Å². The number of hydrogen-bond donors (Lipinski definition) is 0. The molecule has 0 fully saturated rings. The Kier molecular flexibility index (Phi) is 6.88. The molecule has 0 aliphatic heterocycles. The van der Waals surface area contributed by atoms with Crippen molar-refractivity contribution in [1.29, 1.82) is 0 Å². The third-order valence-corrected chi connectivity index (χ3v) is 16.0. The molecule has 0 amide bonds. The van der Waals surface area contributed by atoms with E-state index in [1.165, 1.54) is 131 Å². The minimum absolute atomic E-state index is 0.0797. The molecule has 14 rings (SSSR count). The predicted octanol–water partition coefficient (Wildman–Crippen LogP) is 16.5. The zero-order valence-corrected chi connectivity index (χ0v) is 36.4. The summed E-state index contributed by atoms with van der Waals surface area (Å²) >= 11 is 1.91. The number of hydrogen-bond acceptors (Lipinski definition) is 1. The van der Waals surface area contributed by atoms with Crippen molar-refractivity contribution in [1.82, 2.24) is 9.13 Å². The number of para-hydroxylation sites is 2. The number of rotatable bonds is 3. The highest BCUT2D eigenvalue weighted by atomic mass is 32.1. The van der Waals surface area contributed by atoms with Gasteiger partial charge in [-0.3, -0.25) is 0 Å². The maximum atomic E-state index is 2.50. The molecule has 3 aromatic heterocycles. The second kappa shape index (κ2) is 12.2. The average molecular weight is 823 g/mol. The highest BCUT2D eigenvalue weighted by Gasteiger charge is 2.39. The van der Waals surface area contributed by atoms with Crippen LogP contribution < -0.4 is 0 Å². The van der Waals surface area contributed by atoms with Crippen molar-refractivity contribution < 1.29 is 0 Å². The van der Waals surface area contributed by atoms with E-state index in [2.05, 4.69) is 219 Å². The van der Waals surface area contributed by atoms with E-state index < -0.39 is 0 Å². The summed E-state index contributed by atoms with van der Waals surface area (Å²) in [7, 11) is 0. The van der Waals surface area contributed by atoms with E-state index in [1.807, 2.05) is 11.3 Å². The number of aromatic nitrogens is 2. The van der Waals surface area contributed by atoms with Crippen molar-refractivity contribution >= 4 is 75.1 Å². The molecule has 3 heterocycles. The lowest BCUT2D eigenvalue weighted by Crippen LogP contribution is -2.15. The predicted molar refractivity (Wildman–Crippen MR) is 269 cm³/mol. The van der Waals surface area contributed by atoms with Gasteiger partial charge in [0.2, 0.25) is 0 Å². The summed E-state index contributed by atoms with van der Waals surface area (Å²) in [5, 5.41) is 7.85. The molecule has 0 bridgehead atoms. The summed E-state index contributed by atoms with van der Waals surface area (Å²) in [6.07, 6.45) is 0. The molecule has 3 heteroatoms. The average Bonchev–Trinajstić information content (AvgIpc) is 4.07. The van der Waals surface area contributed by atoms with Crippen molar-refractivity contribution in [3.63, 3.8) is 0 Å². The zero-order valence-electron chi connectivity index (χ0n) is 35.6. The van der Waals surface area contributed by atoms with Gasteiger partial charge in [0, 0.05) is 63.9 Å². The third-order valence-electron chi connectivity index (χ3n) is 14.9. The molecule has 0 N–H and O–H groups in total. The molecule has 63 heavy (non-hydrogen) atoms. The van der Waals surface area contributed by atoms with Gasteiger partial charge in [-0.1, -0.05) is 149 Å². The van der Waals surface area contributed by atoms with Gasteiger partial charge in [0.15, 0.2) is 0 Å². The van der Waals surface area contributed by atoms with Crippen molar-refractivity contribution in [2.75, 3.05) is 0 Å². The van der Waals surface area contributed by atoms with E-state index in [9.17, 15) is 0 Å². The normalized spacial score (nSPS) is 14.6. The second-order valence-electron chi connectivity index (χ2n) is 18.9. The van der Waals surface area contributed by atoms with Gasteiger partial charge in [-0.2, -0.15) is 0 Å². The van der Waals surface area contributed by atoms with E-state index in [0.29, 0.717) is 0 Å². The summed E-state index contributed by atoms with van der Waals surface area (Å²) in [6, 6.07) is 68.8. The Morgan fingerprint density at radius 2 is 0.841 bits per heavy atom. The molecular weight excluding hydrogens is 781 g/mol. The first-order chi connectivity index (χ1) is 30.8. The zero-order chi connectivity index (χ0) is 41.9. The Morgan fingerprint density at radius 3 is 1.49 bits per heavy atom. The molecule has 2 aliphatic rings. The van der Waals surface area contributed by atoms with Gasteiger partial charge in [0.1, 0.15) is 0 Å². The van der Waals surface area contributed by atoms with Crippen LogP contribution in [-0.2, 0) is 10.8 Å². The first kappa shape index (κ1) is 35.4. The lowest BCUT2D eigenvalue weighted by atomic mass is 9.80. The molecule has 2 aliphatic carbocycles. The molecule has 0 saturated heterocycles. The minimum atomic E-state index is -0.166. The van der Waals surface area contributed by atoms with Crippen LogP contribution in [0.1, 0.15) is 49.9 Å². The Morgan fingerprint density at radius 1 is 0.349 bits per heavy atom. The fourth-order valence-corrected chi connectivity index (χ4v) is 13.0. The van der Waals surface area contributed by atoms with Crippen LogP contribution in [0.5, 0.6) is 0 Å². The van der Waals surface area contributed by atoms with E-state index in [-0.39, 0.29) is 10.8 Å². The standard InChI is InChI=1S/C60H42N2S/c1-59(2)48-17-9-5-13-39(48)40-27-23-37(33-49(40)59)61-51-18-10-6-14-42(51)44-25-21-35(31-53(44)61)36-22-26-45-43-15-7-11-19-52(43)62(54(45)32-36)38-24-28-41-46-29-30-56-57(47-16-8-12-20-55(47)63-56)58(46)60(3,4)50(41)34-38/h5-34H,1-4H3. The maximum Gasteiger partial charge on any atom is 0.0547 e. The van der Waals surface area contributed by atoms with Crippen molar-refractivity contribution in [2.24, 2.45) is 0 Å². The fraction of sp³-hybridized carbons (Fsp3) is 0.100. The molecule has 0 saturated carbocycles. The van der Waals surface area contributed by atoms with Crippen LogP contribution in [0.4, 0.5) is 0 Å². The molecule has 2 nitrogen and oxygen atoms in total. The van der Waals surface area contributed by atoms with Crippen molar-refractivity contribution in [2.45, 2.75) is 38.5 Å². The van der Waals surface area contributed by atoms with Crippen molar-refractivity contribution in [3.8, 4) is 44.8 Å². The van der Waals surface area contributed by atoms with E-state index in [1.54, 1.807) is 0 Å². The number of benzene rings is 9. The highest BCUT2D eigenvalue weighted by Crippen LogP contribution is 2.55. The lowest BCUT2D eigenvalue weighted by molar-refractivity contribution is 0.660. The van der Waals surface area contributed by atoms with Gasteiger partial charge in [0.05, 0.1) is 22.1 Å². The highest BCUT2D eigenvalue weighted by molar-refractivity contribution is 7.25. The van der Waals surface area contributed by atoms with Gasteiger partial charge in [-0.15, -0.1) is 11.3 Å². The molecule has 298 valence electrons. The van der Waals surface area contributed by atoms with Gasteiger partial charge in [0.25, 0.3) is 0 Å². The Balaban J connectivity index is 0.941. The molecule has 12 aromatic rings. The second-order valence-corrected chi connectivity index (χ2v) is 20.0. The lowest BCUT2D eigenvalue weighted by Gasteiger charge is -2.23. The van der Waals surface area contributed by atoms with E-state index in [0.717, 1.165) is 0 Å². The van der Waals surface area contributed by atoms with Crippen LogP contribution in [0.25, 0.3) is 109 Å². The summed E-state index contributed by atoms with van der Waals surface area (Å²) in [4.78, 5) is 0. The topological polar surface area (TPSA) is 9.86 Å². The fourth-order valence-electron chi connectivity index (χ4n) is 11.9. The summed E-state index contributed by atoms with van der Waals surface area (Å²) in [5.74, 6) is 0. The molecule has 0 radical (unpaired) electrons. The summed E-state index contributed by atoms with van der Waals surface area (Å²) < 4.78 is 7.71. The number of thiophene rings is 1. The summed E-state index contributed by atoms with van der Waals surface area (Å²) in [5.41, 5.74) is 20.5. The molecular formula is C60H42N2S. The van der Waals surface area contributed by atoms with E-state index >= 15 is 0 Å². The van der Waals surface area contributed by atoms with Crippen LogP contribution in [0, 0.1) is 0 Å².